The van der Waals surface area contributed by atoms with Crippen LogP contribution < -0.4 is 10.2 Å². The maximum absolute atomic E-state index is 12.1. The molecule has 0 atom stereocenters. The number of hydrazone groups is 1. The SMILES string of the molecule is O=C(Cc1ccc([N+](=O)[O-])cc1[N+](=O)[O-])NN=Cc1ccc(OC(=O)c2ccc(Br)cc2)cc1. The molecule has 1 amide bonds. The molecule has 0 unspecified atom stereocenters. The minimum Gasteiger partial charge on any atom is -0.423 e. The highest BCUT2D eigenvalue weighted by Crippen LogP contribution is 2.25. The van der Waals surface area contributed by atoms with Crippen LogP contribution in [-0.2, 0) is 11.2 Å². The fraction of sp³-hybridized carbons (Fsp3) is 0.0455. The van der Waals surface area contributed by atoms with Gasteiger partial charge in [0.15, 0.2) is 0 Å². The van der Waals surface area contributed by atoms with Crippen molar-refractivity contribution in [1.82, 2.24) is 5.43 Å². The van der Waals surface area contributed by atoms with E-state index in [1.165, 1.54) is 6.21 Å². The number of nitrogens with one attached hydrogen (secondary N) is 1. The summed E-state index contributed by atoms with van der Waals surface area (Å²) < 4.78 is 6.13. The van der Waals surface area contributed by atoms with Crippen LogP contribution in [0, 0.1) is 20.2 Å². The number of nitro groups is 2. The van der Waals surface area contributed by atoms with Gasteiger partial charge in [0.25, 0.3) is 11.4 Å². The molecule has 3 aromatic carbocycles. The first-order valence-corrected chi connectivity index (χ1v) is 10.3. The molecular weight excluding hydrogens is 512 g/mol. The number of esters is 1. The molecule has 0 radical (unpaired) electrons. The van der Waals surface area contributed by atoms with Gasteiger partial charge in [-0.05, 0) is 60.2 Å². The van der Waals surface area contributed by atoms with E-state index in [1.54, 1.807) is 48.5 Å². The van der Waals surface area contributed by atoms with Gasteiger partial charge in [-0.15, -0.1) is 0 Å². The van der Waals surface area contributed by atoms with E-state index in [4.69, 9.17) is 4.74 Å². The quantitative estimate of drug-likeness (QED) is 0.152. The molecule has 3 aromatic rings. The van der Waals surface area contributed by atoms with E-state index in [0.717, 1.165) is 22.7 Å². The van der Waals surface area contributed by atoms with Gasteiger partial charge in [0, 0.05) is 16.1 Å². The van der Waals surface area contributed by atoms with Crippen molar-refractivity contribution in [1.29, 1.82) is 0 Å². The Morgan fingerprint density at radius 1 is 0.971 bits per heavy atom. The van der Waals surface area contributed by atoms with Gasteiger partial charge in [-0.3, -0.25) is 25.0 Å². The number of ether oxygens (including phenoxy) is 1. The van der Waals surface area contributed by atoms with E-state index in [0.29, 0.717) is 16.9 Å². The van der Waals surface area contributed by atoms with Gasteiger partial charge >= 0.3 is 5.97 Å². The van der Waals surface area contributed by atoms with E-state index in [9.17, 15) is 29.8 Å². The lowest BCUT2D eigenvalue weighted by Gasteiger charge is -2.05. The minimum absolute atomic E-state index is 0.0141. The van der Waals surface area contributed by atoms with Crippen LogP contribution in [0.15, 0.2) is 76.3 Å². The van der Waals surface area contributed by atoms with Crippen molar-refractivity contribution < 1.29 is 24.2 Å². The zero-order valence-corrected chi connectivity index (χ0v) is 18.8. The molecule has 172 valence electrons. The van der Waals surface area contributed by atoms with Gasteiger partial charge in [-0.2, -0.15) is 5.10 Å². The Balaban J connectivity index is 1.56. The number of amides is 1. The number of nitro benzene ring substituents is 2. The van der Waals surface area contributed by atoms with Gasteiger partial charge in [-0.1, -0.05) is 15.9 Å². The van der Waals surface area contributed by atoms with E-state index < -0.39 is 39.5 Å². The van der Waals surface area contributed by atoms with Crippen molar-refractivity contribution in [2.75, 3.05) is 0 Å². The monoisotopic (exact) mass is 526 g/mol. The lowest BCUT2D eigenvalue weighted by molar-refractivity contribution is -0.394. The summed E-state index contributed by atoms with van der Waals surface area (Å²) in [6, 6.07) is 16.1. The summed E-state index contributed by atoms with van der Waals surface area (Å²) in [7, 11) is 0. The Bertz CT molecular complexity index is 1280. The lowest BCUT2D eigenvalue weighted by Crippen LogP contribution is -2.20. The number of carbonyl (C=O) groups is 2. The summed E-state index contributed by atoms with van der Waals surface area (Å²) in [6.45, 7) is 0. The van der Waals surface area contributed by atoms with Crippen LogP contribution in [0.25, 0.3) is 0 Å². The first-order valence-electron chi connectivity index (χ1n) is 9.54. The van der Waals surface area contributed by atoms with Crippen molar-refractivity contribution in [2.24, 2.45) is 5.10 Å². The molecule has 0 saturated heterocycles. The molecule has 0 saturated carbocycles. The maximum Gasteiger partial charge on any atom is 0.343 e. The standard InChI is InChI=1S/C22H15BrN4O7/c23-17-6-3-15(4-7-17)22(29)34-19-9-1-14(2-10-19)13-24-25-21(28)11-16-5-8-18(26(30)31)12-20(16)27(32)33/h1-10,12-13H,11H2,(H,25,28). The van der Waals surface area contributed by atoms with E-state index in [1.807, 2.05) is 0 Å². The fourth-order valence-electron chi connectivity index (χ4n) is 2.75. The minimum atomic E-state index is -0.788. The highest BCUT2D eigenvalue weighted by Gasteiger charge is 2.21. The second kappa shape index (κ2) is 10.9. The summed E-state index contributed by atoms with van der Waals surface area (Å²) >= 11 is 3.29. The second-order valence-corrected chi connectivity index (χ2v) is 7.68. The second-order valence-electron chi connectivity index (χ2n) is 6.76. The molecule has 0 aliphatic rings. The summed E-state index contributed by atoms with van der Waals surface area (Å²) in [5, 5.41) is 25.7. The van der Waals surface area contributed by atoms with Gasteiger partial charge in [0.05, 0.1) is 34.1 Å². The van der Waals surface area contributed by atoms with Crippen molar-refractivity contribution in [2.45, 2.75) is 6.42 Å². The van der Waals surface area contributed by atoms with Gasteiger partial charge < -0.3 is 4.74 Å². The molecule has 3 rings (SSSR count). The molecule has 0 heterocycles. The van der Waals surface area contributed by atoms with Gasteiger partial charge in [-0.25, -0.2) is 10.2 Å². The maximum atomic E-state index is 12.1. The summed E-state index contributed by atoms with van der Waals surface area (Å²) in [6.07, 6.45) is 0.944. The number of non-ortho nitro benzene ring substituents is 1. The van der Waals surface area contributed by atoms with Crippen LogP contribution in [0.4, 0.5) is 11.4 Å². The first-order chi connectivity index (χ1) is 16.2. The van der Waals surface area contributed by atoms with Gasteiger partial charge in [0.2, 0.25) is 5.91 Å². The van der Waals surface area contributed by atoms with Crippen LogP contribution in [0.1, 0.15) is 21.5 Å². The Morgan fingerprint density at radius 3 is 2.26 bits per heavy atom. The average molecular weight is 527 g/mol. The van der Waals surface area contributed by atoms with Crippen molar-refractivity contribution in [3.8, 4) is 5.75 Å². The molecular formula is C22H15BrN4O7. The number of nitrogens with zero attached hydrogens (tertiary/aromatic N) is 3. The Kier molecular flexibility index (Phi) is 7.77. The highest BCUT2D eigenvalue weighted by molar-refractivity contribution is 9.10. The van der Waals surface area contributed by atoms with Crippen LogP contribution in [-0.4, -0.2) is 27.9 Å². The third-order valence-electron chi connectivity index (χ3n) is 4.40. The molecule has 0 aliphatic carbocycles. The molecule has 0 spiro atoms. The summed E-state index contributed by atoms with van der Waals surface area (Å²) in [4.78, 5) is 44.6. The first kappa shape index (κ1) is 24.2. The molecule has 0 aromatic heterocycles. The van der Waals surface area contributed by atoms with E-state index >= 15 is 0 Å². The average Bonchev–Trinajstić information content (AvgIpc) is 2.80. The molecule has 0 fully saturated rings. The predicted molar refractivity (Wildman–Crippen MR) is 125 cm³/mol. The van der Waals surface area contributed by atoms with Gasteiger partial charge in [0.1, 0.15) is 5.75 Å². The molecule has 0 bridgehead atoms. The van der Waals surface area contributed by atoms with Crippen LogP contribution >= 0.6 is 15.9 Å². The smallest absolute Gasteiger partial charge is 0.343 e. The normalized spacial score (nSPS) is 10.6. The van der Waals surface area contributed by atoms with Crippen LogP contribution in [0.3, 0.4) is 0 Å². The molecule has 0 aliphatic heterocycles. The Morgan fingerprint density at radius 2 is 1.65 bits per heavy atom. The number of hydrogen-bond acceptors (Lipinski definition) is 8. The Labute approximate surface area is 200 Å². The van der Waals surface area contributed by atoms with E-state index in [2.05, 4.69) is 26.5 Å². The third kappa shape index (κ3) is 6.53. The number of benzene rings is 3. The zero-order valence-electron chi connectivity index (χ0n) is 17.2. The van der Waals surface area contributed by atoms with Crippen LogP contribution in [0.5, 0.6) is 5.75 Å². The molecule has 11 nitrogen and oxygen atoms in total. The van der Waals surface area contributed by atoms with Crippen LogP contribution in [0.2, 0.25) is 0 Å². The topological polar surface area (TPSA) is 154 Å². The van der Waals surface area contributed by atoms with E-state index in [-0.39, 0.29) is 5.56 Å². The fourth-order valence-corrected chi connectivity index (χ4v) is 3.01. The van der Waals surface area contributed by atoms with Crippen molar-refractivity contribution >= 4 is 45.4 Å². The third-order valence-corrected chi connectivity index (χ3v) is 4.93. The Hall–Kier alpha value is -4.45. The zero-order chi connectivity index (χ0) is 24.7. The predicted octanol–water partition coefficient (Wildman–Crippen LogP) is 4.18. The highest BCUT2D eigenvalue weighted by atomic mass is 79.9. The number of hydrogen-bond donors (Lipinski definition) is 1. The van der Waals surface area contributed by atoms with Crippen molar-refractivity contribution in [3.05, 3.63) is 108 Å². The lowest BCUT2D eigenvalue weighted by atomic mass is 10.1. The molecule has 1 N–H and O–H groups in total. The van der Waals surface area contributed by atoms with Crippen molar-refractivity contribution in [3.63, 3.8) is 0 Å². The summed E-state index contributed by atoms with van der Waals surface area (Å²) in [5.74, 6) is -0.839. The molecule has 12 heteroatoms. The number of halogens is 1. The largest absolute Gasteiger partial charge is 0.423 e. The number of rotatable bonds is 8. The number of carbonyl (C=O) groups excluding carboxylic acids is 2. The summed E-state index contributed by atoms with van der Waals surface area (Å²) in [5.41, 5.74) is 2.27. The molecule has 34 heavy (non-hydrogen) atoms.